The number of hydrogen-bond acceptors (Lipinski definition) is 10. The summed E-state index contributed by atoms with van der Waals surface area (Å²) in [7, 11) is 0. The van der Waals surface area contributed by atoms with Crippen molar-refractivity contribution in [2.24, 2.45) is 22.2 Å². The Labute approximate surface area is 262 Å². The van der Waals surface area contributed by atoms with Gasteiger partial charge in [-0.3, -0.25) is 14.4 Å². The van der Waals surface area contributed by atoms with Gasteiger partial charge < -0.3 is 33.9 Å². The first-order valence-corrected chi connectivity index (χ1v) is 15.6. The van der Waals surface area contributed by atoms with Crippen LogP contribution in [0, 0.1) is 22.2 Å². The van der Waals surface area contributed by atoms with Crippen LogP contribution in [-0.4, -0.2) is 94.1 Å². The van der Waals surface area contributed by atoms with Crippen molar-refractivity contribution in [1.29, 1.82) is 0 Å². The van der Waals surface area contributed by atoms with Gasteiger partial charge in [0.05, 0.1) is 17.6 Å². The second-order valence-electron chi connectivity index (χ2n) is 15.1. The zero-order chi connectivity index (χ0) is 32.7. The summed E-state index contributed by atoms with van der Waals surface area (Å²) in [6.07, 6.45) is -3.84. The lowest BCUT2D eigenvalue weighted by Crippen LogP contribution is -2.66. The van der Waals surface area contributed by atoms with Crippen LogP contribution < -0.4 is 0 Å². The van der Waals surface area contributed by atoms with Gasteiger partial charge in [-0.1, -0.05) is 39.0 Å². The van der Waals surface area contributed by atoms with Crippen LogP contribution in [0.4, 0.5) is 4.79 Å². The number of likely N-dealkylation sites (tertiary alicyclic amines) is 2. The molecule has 4 heterocycles. The highest BCUT2D eigenvalue weighted by atomic mass is 16.6. The minimum Gasteiger partial charge on any atom is -0.461 e. The Bertz CT molecular complexity index is 1420. The number of rotatable bonds is 4. The highest BCUT2D eigenvalue weighted by Crippen LogP contribution is 2.76. The molecule has 4 saturated heterocycles. The van der Waals surface area contributed by atoms with Gasteiger partial charge in [0.2, 0.25) is 0 Å². The van der Waals surface area contributed by atoms with Crippen LogP contribution in [0.15, 0.2) is 30.3 Å². The third kappa shape index (κ3) is 4.38. The van der Waals surface area contributed by atoms with Gasteiger partial charge in [-0.2, -0.15) is 0 Å². The van der Waals surface area contributed by atoms with Crippen LogP contribution in [-0.2, 0) is 33.3 Å². The molecule has 12 nitrogen and oxygen atoms in total. The largest absolute Gasteiger partial charge is 0.461 e. The zero-order valence-corrected chi connectivity index (χ0v) is 26.7. The van der Waals surface area contributed by atoms with E-state index in [1.807, 2.05) is 0 Å². The first-order chi connectivity index (χ1) is 21.0. The Kier molecular flexibility index (Phi) is 7.08. The Morgan fingerprint density at radius 2 is 1.64 bits per heavy atom. The molecule has 2 amide bonds. The highest BCUT2D eigenvalue weighted by molar-refractivity contribution is 5.99. The maximum Gasteiger partial charge on any atom is 0.410 e. The summed E-state index contributed by atoms with van der Waals surface area (Å²) in [4.78, 5) is 70.6. The molecule has 45 heavy (non-hydrogen) atoms. The Morgan fingerprint density at radius 3 is 2.24 bits per heavy atom. The predicted octanol–water partition coefficient (Wildman–Crippen LogP) is 3.05. The number of carbonyl (C=O) groups excluding carboxylic acids is 5. The summed E-state index contributed by atoms with van der Waals surface area (Å²) in [6.45, 7) is 11.7. The molecule has 2 spiro atoms. The number of ether oxygens (including phenoxy) is 4. The monoisotopic (exact) mass is 626 g/mol. The molecule has 0 bridgehead atoms. The van der Waals surface area contributed by atoms with Crippen molar-refractivity contribution in [3.63, 3.8) is 0 Å². The van der Waals surface area contributed by atoms with Crippen LogP contribution in [0.3, 0.4) is 0 Å². The number of hydrogen-bond donors (Lipinski definition) is 1. The molecule has 12 heteroatoms. The van der Waals surface area contributed by atoms with Crippen LogP contribution in [0.25, 0.3) is 0 Å². The minimum absolute atomic E-state index is 0.0927. The van der Waals surface area contributed by atoms with Crippen LogP contribution in [0.2, 0.25) is 0 Å². The van der Waals surface area contributed by atoms with Crippen molar-refractivity contribution < 1.29 is 48.0 Å². The molecule has 5 fully saturated rings. The van der Waals surface area contributed by atoms with Gasteiger partial charge in [0.25, 0.3) is 5.91 Å². The SMILES string of the molecule is CC(C)(C)OC(=O)N1CCC(CN2C(=O)[C@H](OC(=O)c3ccccc3)[C@@]34[C@@H]2OC(=O)[C@@]32CC(=O)O[C@H]2C[C@@]4(O)C(C)(C)C)CC1. The molecule has 1 aliphatic carbocycles. The lowest BCUT2D eigenvalue weighted by Gasteiger charge is -2.51. The van der Waals surface area contributed by atoms with E-state index in [-0.39, 0.29) is 24.4 Å². The van der Waals surface area contributed by atoms with Crippen LogP contribution in [0.5, 0.6) is 0 Å². The van der Waals surface area contributed by atoms with E-state index in [0.29, 0.717) is 25.9 Å². The fourth-order valence-electron chi connectivity index (χ4n) is 8.43. The molecule has 0 unspecified atom stereocenters. The molecular formula is C33H42N2O10. The first-order valence-electron chi connectivity index (χ1n) is 15.6. The van der Waals surface area contributed by atoms with Crippen molar-refractivity contribution in [3.8, 4) is 0 Å². The summed E-state index contributed by atoms with van der Waals surface area (Å²) in [6, 6.07) is 8.16. The number of benzene rings is 1. The van der Waals surface area contributed by atoms with Crippen molar-refractivity contribution >= 4 is 29.9 Å². The topological polar surface area (TPSA) is 149 Å². The quantitative estimate of drug-likeness (QED) is 0.390. The van der Waals surface area contributed by atoms with Gasteiger partial charge in [-0.25, -0.2) is 9.59 Å². The summed E-state index contributed by atoms with van der Waals surface area (Å²) in [5, 5.41) is 12.8. The lowest BCUT2D eigenvalue weighted by molar-refractivity contribution is -0.212. The van der Waals surface area contributed by atoms with Crippen molar-refractivity contribution in [1.82, 2.24) is 9.80 Å². The number of nitrogens with zero attached hydrogens (tertiary/aromatic N) is 2. The van der Waals surface area contributed by atoms with E-state index >= 15 is 0 Å². The van der Waals surface area contributed by atoms with E-state index in [4.69, 9.17) is 18.9 Å². The molecule has 5 aliphatic rings. The molecule has 6 rings (SSSR count). The van der Waals surface area contributed by atoms with E-state index in [9.17, 15) is 29.1 Å². The Balaban J connectivity index is 1.38. The van der Waals surface area contributed by atoms with E-state index in [1.165, 1.54) is 4.90 Å². The molecule has 1 aromatic rings. The van der Waals surface area contributed by atoms with Gasteiger partial charge in [0.1, 0.15) is 22.5 Å². The zero-order valence-electron chi connectivity index (χ0n) is 26.7. The van der Waals surface area contributed by atoms with Gasteiger partial charge in [0.15, 0.2) is 12.3 Å². The minimum atomic E-state index is -1.83. The lowest BCUT2D eigenvalue weighted by atomic mass is 9.52. The first kappa shape index (κ1) is 31.3. The van der Waals surface area contributed by atoms with E-state index in [1.54, 1.807) is 76.8 Å². The molecule has 1 saturated carbocycles. The maximum absolute atomic E-state index is 14.6. The highest BCUT2D eigenvalue weighted by Gasteiger charge is 2.93. The number of carbonyl (C=O) groups is 5. The van der Waals surface area contributed by atoms with E-state index < -0.39 is 82.2 Å². The van der Waals surface area contributed by atoms with Gasteiger partial charge in [0, 0.05) is 26.1 Å². The molecule has 0 radical (unpaired) electrons. The summed E-state index contributed by atoms with van der Waals surface area (Å²) in [5.74, 6) is -2.88. The van der Waals surface area contributed by atoms with Gasteiger partial charge in [-0.15, -0.1) is 0 Å². The van der Waals surface area contributed by atoms with Crippen molar-refractivity contribution in [3.05, 3.63) is 35.9 Å². The molecule has 0 aromatic heterocycles. The van der Waals surface area contributed by atoms with Crippen molar-refractivity contribution in [2.75, 3.05) is 19.6 Å². The Hall–Kier alpha value is -3.67. The molecule has 1 N–H and O–H groups in total. The van der Waals surface area contributed by atoms with Gasteiger partial charge in [-0.05, 0) is 57.1 Å². The number of piperidine rings is 1. The molecule has 1 aromatic carbocycles. The number of aliphatic hydroxyl groups is 1. The number of esters is 3. The molecule has 4 aliphatic heterocycles. The second kappa shape index (κ2) is 10.2. The summed E-state index contributed by atoms with van der Waals surface area (Å²) >= 11 is 0. The summed E-state index contributed by atoms with van der Waals surface area (Å²) < 4.78 is 23.3. The molecule has 244 valence electrons. The third-order valence-corrected chi connectivity index (χ3v) is 10.5. The second-order valence-corrected chi connectivity index (χ2v) is 15.1. The fraction of sp³-hybridized carbons (Fsp3) is 0.667. The normalized spacial score (nSPS) is 34.6. The smallest absolute Gasteiger partial charge is 0.410 e. The van der Waals surface area contributed by atoms with E-state index in [0.717, 1.165) is 0 Å². The predicted molar refractivity (Wildman–Crippen MR) is 156 cm³/mol. The number of amides is 2. The average Bonchev–Trinajstić information content (AvgIpc) is 3.56. The van der Waals surface area contributed by atoms with Gasteiger partial charge >= 0.3 is 24.0 Å². The molecule has 6 atom stereocenters. The van der Waals surface area contributed by atoms with Crippen LogP contribution in [0.1, 0.15) is 77.6 Å². The summed E-state index contributed by atoms with van der Waals surface area (Å²) in [5.41, 5.74) is -6.79. The standard InChI is InChI=1S/C33H42N2O10/c1-29(2,3)32(41)16-21-31(17-22(36)42-21)27(39)44-26-33(31,32)23(43-25(38)20-10-8-7-9-11-20)24(37)35(26)18-19-12-14-34(15-13-19)28(40)45-30(4,5)6/h7-11,19,21,23,26,41H,12-18H2,1-6H3/t21-,23-,26-,31-,32+,33+/m0/s1. The fourth-order valence-corrected chi connectivity index (χ4v) is 8.43. The van der Waals surface area contributed by atoms with Crippen molar-refractivity contribution in [2.45, 2.75) is 96.9 Å². The maximum atomic E-state index is 14.6. The Morgan fingerprint density at radius 1 is 1.00 bits per heavy atom. The average molecular weight is 627 g/mol. The van der Waals surface area contributed by atoms with E-state index in [2.05, 4.69) is 0 Å². The molecular weight excluding hydrogens is 584 g/mol. The van der Waals surface area contributed by atoms with Crippen LogP contribution >= 0.6 is 0 Å². The third-order valence-electron chi connectivity index (χ3n) is 10.5.